The van der Waals surface area contributed by atoms with Crippen molar-refractivity contribution in [2.45, 2.75) is 161 Å². The summed E-state index contributed by atoms with van der Waals surface area (Å²) in [4.78, 5) is 8.09. The summed E-state index contributed by atoms with van der Waals surface area (Å²) in [7, 11) is 0. The Balaban J connectivity index is 1.08. The Morgan fingerprint density at radius 1 is 0.462 bits per heavy atom. The van der Waals surface area contributed by atoms with Crippen LogP contribution in [0, 0.1) is 6.92 Å². The summed E-state index contributed by atoms with van der Waals surface area (Å²) in [6.45, 7) is 31.5. The molecule has 0 radical (unpaired) electrons. The fourth-order valence-electron chi connectivity index (χ4n) is 15.4. The Hall–Kier alpha value is -6.98. The fraction of sp³-hybridized carbons (Fsp3) is 0.342. The molecule has 2 atom stereocenters. The van der Waals surface area contributed by atoms with Gasteiger partial charge in [0.25, 0.3) is 6.71 Å². The Morgan fingerprint density at radius 2 is 1.08 bits per heavy atom. The Kier molecular flexibility index (Phi) is 10.5. The largest absolute Gasteiger partial charge is 0.456 e. The van der Waals surface area contributed by atoms with Gasteiger partial charge in [0, 0.05) is 67.6 Å². The second-order valence-corrected chi connectivity index (χ2v) is 28.0. The van der Waals surface area contributed by atoms with Crippen LogP contribution in [0.3, 0.4) is 0 Å². The van der Waals surface area contributed by atoms with Gasteiger partial charge < -0.3 is 19.1 Å². The first-order chi connectivity index (χ1) is 37.1. The van der Waals surface area contributed by atoms with Crippen molar-refractivity contribution in [3.8, 4) is 11.1 Å². The Labute approximate surface area is 464 Å². The maximum Gasteiger partial charge on any atom is 0.252 e. The highest BCUT2D eigenvalue weighted by Crippen LogP contribution is 2.62. The van der Waals surface area contributed by atoms with Gasteiger partial charge in [0.15, 0.2) is 0 Å². The molecule has 14 rings (SSSR count). The van der Waals surface area contributed by atoms with Crippen LogP contribution < -0.4 is 31.1 Å². The van der Waals surface area contributed by atoms with Gasteiger partial charge in [0.2, 0.25) is 0 Å². The minimum Gasteiger partial charge on any atom is -0.456 e. The van der Waals surface area contributed by atoms with Crippen molar-refractivity contribution in [1.29, 1.82) is 0 Å². The van der Waals surface area contributed by atoms with Gasteiger partial charge in [0.05, 0.1) is 11.2 Å². The maximum atomic E-state index is 6.78. The summed E-state index contributed by atoms with van der Waals surface area (Å²) in [6, 6.07) is 59.3. The summed E-state index contributed by atoms with van der Waals surface area (Å²) >= 11 is 0. The highest BCUT2D eigenvalue weighted by atomic mass is 16.3. The molecular formula is C73H76BN3O. The van der Waals surface area contributed by atoms with E-state index in [2.05, 4.69) is 256 Å². The summed E-state index contributed by atoms with van der Waals surface area (Å²) < 4.78 is 6.78. The van der Waals surface area contributed by atoms with Gasteiger partial charge in [-0.25, -0.2) is 0 Å². The van der Waals surface area contributed by atoms with Crippen LogP contribution in [0.25, 0.3) is 33.1 Å². The molecule has 9 aromatic rings. The monoisotopic (exact) mass is 1020 g/mol. The zero-order valence-corrected chi connectivity index (χ0v) is 48.5. The number of anilines is 8. The van der Waals surface area contributed by atoms with Crippen molar-refractivity contribution in [2.24, 2.45) is 0 Å². The van der Waals surface area contributed by atoms with Gasteiger partial charge in [-0.15, -0.1) is 0 Å². The van der Waals surface area contributed by atoms with Gasteiger partial charge in [-0.2, -0.15) is 0 Å². The highest BCUT2D eigenvalue weighted by Gasteiger charge is 2.58. The van der Waals surface area contributed by atoms with Crippen molar-refractivity contribution >= 4 is 90.5 Å². The number of hydrogen-bond acceptors (Lipinski definition) is 4. The third-order valence-corrected chi connectivity index (χ3v) is 20.2. The molecule has 4 heterocycles. The van der Waals surface area contributed by atoms with Crippen LogP contribution in [-0.2, 0) is 27.1 Å². The predicted octanol–water partition coefficient (Wildman–Crippen LogP) is 18.3. The number of fused-ring (bicyclic) bond motifs is 11. The van der Waals surface area contributed by atoms with E-state index >= 15 is 0 Å². The van der Waals surface area contributed by atoms with E-state index in [9.17, 15) is 0 Å². The van der Waals surface area contributed by atoms with E-state index in [1.54, 1.807) is 0 Å². The van der Waals surface area contributed by atoms with Crippen LogP contribution in [0.4, 0.5) is 45.5 Å². The summed E-state index contributed by atoms with van der Waals surface area (Å²) in [5.41, 5.74) is 26.6. The highest BCUT2D eigenvalue weighted by molar-refractivity contribution is 7.00. The molecule has 78 heavy (non-hydrogen) atoms. The summed E-state index contributed by atoms with van der Waals surface area (Å²) in [6.07, 6.45) is 7.10. The molecule has 392 valence electrons. The fourth-order valence-corrected chi connectivity index (χ4v) is 15.4. The van der Waals surface area contributed by atoms with Gasteiger partial charge in [-0.05, 0) is 183 Å². The lowest BCUT2D eigenvalue weighted by Gasteiger charge is -2.51. The molecule has 8 aromatic carbocycles. The number of rotatable bonds is 4. The van der Waals surface area contributed by atoms with Crippen molar-refractivity contribution in [2.75, 3.05) is 14.7 Å². The number of benzene rings is 8. The maximum absolute atomic E-state index is 6.78. The van der Waals surface area contributed by atoms with E-state index in [1.807, 2.05) is 0 Å². The van der Waals surface area contributed by atoms with Crippen LogP contribution in [0.1, 0.15) is 155 Å². The summed E-state index contributed by atoms with van der Waals surface area (Å²) in [5, 5.41) is 2.28. The number of para-hydroxylation sites is 1. The first-order valence-electron chi connectivity index (χ1n) is 29.2. The van der Waals surface area contributed by atoms with E-state index in [1.165, 1.54) is 120 Å². The zero-order valence-electron chi connectivity index (χ0n) is 48.5. The Bertz CT molecular complexity index is 3980. The standard InChI is InChI=1S/C73H76BN3O/c1-45-37-63-67-64(38-45)76(59-31-25-47(68(2,3)4)39-53(59)46-21-15-14-16-22-46)62-44-55-54(70(8,9)35-36-71(55,10)11)43-58(62)74(67)57-30-28-50(41-61(57)75(63)49-27-29-52-51-23-17-18-24-65(51)78-66(52)42-49)77-60-32-26-48(69(5,6)7)40-56(60)72(12)33-19-20-34-73(72,77)13/h14-18,21-32,37-44H,19-20,33-36H2,1-13H3. The number of aryl methyl sites for hydroxylation is 1. The van der Waals surface area contributed by atoms with Gasteiger partial charge in [0.1, 0.15) is 11.2 Å². The lowest BCUT2D eigenvalue weighted by atomic mass is 9.33. The lowest BCUT2D eigenvalue weighted by Crippen LogP contribution is -2.62. The third-order valence-electron chi connectivity index (χ3n) is 20.2. The van der Waals surface area contributed by atoms with Gasteiger partial charge in [-0.1, -0.05) is 168 Å². The molecule has 0 N–H and O–H groups in total. The molecule has 0 bridgehead atoms. The van der Waals surface area contributed by atoms with Crippen molar-refractivity contribution in [1.82, 2.24) is 0 Å². The van der Waals surface area contributed by atoms with E-state index < -0.39 is 0 Å². The minimum atomic E-state index is -0.110. The minimum absolute atomic E-state index is 0.00248. The second kappa shape index (κ2) is 16.5. The molecule has 4 nitrogen and oxygen atoms in total. The molecule has 2 aliphatic carbocycles. The molecule has 0 saturated heterocycles. The smallest absolute Gasteiger partial charge is 0.252 e. The van der Waals surface area contributed by atoms with E-state index in [0.717, 1.165) is 46.9 Å². The van der Waals surface area contributed by atoms with Gasteiger partial charge in [-0.3, -0.25) is 0 Å². The molecule has 1 fully saturated rings. The molecule has 0 amide bonds. The number of hydrogen-bond donors (Lipinski definition) is 0. The number of nitrogens with zero attached hydrogens (tertiary/aromatic N) is 3. The van der Waals surface area contributed by atoms with Crippen molar-refractivity contribution in [3.63, 3.8) is 0 Å². The lowest BCUT2D eigenvalue weighted by molar-refractivity contribution is 0.195. The molecule has 2 unspecified atom stereocenters. The third kappa shape index (κ3) is 7.04. The van der Waals surface area contributed by atoms with Crippen LogP contribution in [0.2, 0.25) is 0 Å². The van der Waals surface area contributed by atoms with Crippen LogP contribution in [0.15, 0.2) is 156 Å². The SMILES string of the molecule is Cc1cc2c3c(c1)N(c1ccc(C(C)(C)C)cc1-c1ccccc1)c1cc4c(cc1B3c1ccc(N3c5ccc(C(C)(C)C)cc5C5(C)CCCCC35C)cc1N2c1ccc2c(c1)oc1ccccc12)C(C)(C)CCC4(C)C. The van der Waals surface area contributed by atoms with E-state index in [4.69, 9.17) is 4.42 Å². The molecule has 1 saturated carbocycles. The zero-order chi connectivity index (χ0) is 54.2. The first-order valence-corrected chi connectivity index (χ1v) is 29.2. The molecular weight excluding hydrogens is 946 g/mol. The van der Waals surface area contributed by atoms with Crippen LogP contribution in [0.5, 0.6) is 0 Å². The van der Waals surface area contributed by atoms with Crippen molar-refractivity contribution in [3.05, 3.63) is 185 Å². The first kappa shape index (κ1) is 49.3. The van der Waals surface area contributed by atoms with E-state index in [0.29, 0.717) is 0 Å². The van der Waals surface area contributed by atoms with Crippen molar-refractivity contribution < 1.29 is 4.42 Å². The average molecular weight is 1020 g/mol. The average Bonchev–Trinajstić information content (AvgIpc) is 4.06. The second-order valence-electron chi connectivity index (χ2n) is 28.0. The summed E-state index contributed by atoms with van der Waals surface area (Å²) in [5.74, 6) is 0. The van der Waals surface area contributed by atoms with Crippen LogP contribution >= 0.6 is 0 Å². The molecule has 0 spiro atoms. The molecule has 3 aliphatic heterocycles. The molecule has 5 aliphatic rings. The normalized spacial score (nSPS) is 20.8. The quantitative estimate of drug-likeness (QED) is 0.164. The molecule has 1 aromatic heterocycles. The Morgan fingerprint density at radius 3 is 1.81 bits per heavy atom. The topological polar surface area (TPSA) is 22.9 Å². The number of furan rings is 1. The predicted molar refractivity (Wildman–Crippen MR) is 333 cm³/mol. The van der Waals surface area contributed by atoms with Crippen LogP contribution in [-0.4, -0.2) is 12.3 Å². The molecule has 5 heteroatoms. The van der Waals surface area contributed by atoms with E-state index in [-0.39, 0.29) is 39.3 Å². The van der Waals surface area contributed by atoms with Gasteiger partial charge >= 0.3 is 0 Å².